The van der Waals surface area contributed by atoms with Gasteiger partial charge in [0.05, 0.1) is 0 Å². The molecular formula is C11H21F3N2. The molecule has 1 aliphatic heterocycles. The molecule has 1 rings (SSSR count). The second-order valence-corrected chi connectivity index (χ2v) is 4.58. The van der Waals surface area contributed by atoms with Gasteiger partial charge >= 0.3 is 6.18 Å². The molecular weight excluding hydrogens is 217 g/mol. The van der Waals surface area contributed by atoms with Crippen LogP contribution in [0.25, 0.3) is 0 Å². The molecule has 0 spiro atoms. The highest BCUT2D eigenvalue weighted by atomic mass is 19.4. The summed E-state index contributed by atoms with van der Waals surface area (Å²) in [7, 11) is 0. The highest BCUT2D eigenvalue weighted by molar-refractivity contribution is 4.72. The first kappa shape index (κ1) is 13.8. The maximum atomic E-state index is 11.9. The van der Waals surface area contributed by atoms with E-state index < -0.39 is 12.6 Å². The summed E-state index contributed by atoms with van der Waals surface area (Å²) >= 11 is 0. The first-order valence-corrected chi connectivity index (χ1v) is 6.00. The minimum absolute atomic E-state index is 0.227. The van der Waals surface area contributed by atoms with E-state index in [1.165, 1.54) is 0 Å². The topological polar surface area (TPSA) is 29.3 Å². The van der Waals surface area contributed by atoms with Gasteiger partial charge in [0.15, 0.2) is 0 Å². The van der Waals surface area contributed by atoms with Crippen molar-refractivity contribution < 1.29 is 13.2 Å². The van der Waals surface area contributed by atoms with Gasteiger partial charge in [0.25, 0.3) is 0 Å². The van der Waals surface area contributed by atoms with Gasteiger partial charge in [0, 0.05) is 6.42 Å². The van der Waals surface area contributed by atoms with Crippen LogP contribution in [0, 0.1) is 5.92 Å². The standard InChI is InChI=1S/C11H21F3N2/c12-11(13,14)5-1-7-16-8-3-10(2-6-15)4-9-16/h10H,1-9,15H2. The van der Waals surface area contributed by atoms with Crippen LogP contribution in [0.5, 0.6) is 0 Å². The van der Waals surface area contributed by atoms with Gasteiger partial charge in [0.2, 0.25) is 0 Å². The Morgan fingerprint density at radius 2 is 1.81 bits per heavy atom. The summed E-state index contributed by atoms with van der Waals surface area (Å²) in [6.07, 6.45) is -1.21. The van der Waals surface area contributed by atoms with Gasteiger partial charge in [-0.1, -0.05) is 0 Å². The molecule has 2 nitrogen and oxygen atoms in total. The molecule has 1 heterocycles. The molecule has 0 saturated carbocycles. The van der Waals surface area contributed by atoms with Crippen LogP contribution in [0.4, 0.5) is 13.2 Å². The Morgan fingerprint density at radius 3 is 2.31 bits per heavy atom. The number of nitrogens with two attached hydrogens (primary N) is 1. The third-order valence-electron chi connectivity index (χ3n) is 3.22. The van der Waals surface area contributed by atoms with Crippen molar-refractivity contribution in [1.82, 2.24) is 4.90 Å². The Bertz CT molecular complexity index is 186. The van der Waals surface area contributed by atoms with E-state index in [0.717, 1.165) is 38.9 Å². The lowest BCUT2D eigenvalue weighted by Gasteiger charge is -2.31. The van der Waals surface area contributed by atoms with E-state index in [-0.39, 0.29) is 6.42 Å². The Kier molecular flexibility index (Phi) is 5.55. The zero-order valence-electron chi connectivity index (χ0n) is 9.60. The molecule has 0 atom stereocenters. The molecule has 0 aliphatic carbocycles. The Hall–Kier alpha value is -0.290. The molecule has 0 aromatic heterocycles. The minimum Gasteiger partial charge on any atom is -0.330 e. The molecule has 1 saturated heterocycles. The molecule has 0 aromatic carbocycles. The van der Waals surface area contributed by atoms with Gasteiger partial charge in [-0.25, -0.2) is 0 Å². The number of hydrogen-bond donors (Lipinski definition) is 1. The first-order chi connectivity index (χ1) is 7.51. The third kappa shape index (κ3) is 5.70. The smallest absolute Gasteiger partial charge is 0.330 e. The van der Waals surface area contributed by atoms with E-state index in [2.05, 4.69) is 4.90 Å². The number of likely N-dealkylation sites (tertiary alicyclic amines) is 1. The lowest BCUT2D eigenvalue weighted by atomic mass is 9.93. The summed E-state index contributed by atoms with van der Waals surface area (Å²) in [6.45, 7) is 3.17. The summed E-state index contributed by atoms with van der Waals surface area (Å²) < 4.78 is 35.8. The van der Waals surface area contributed by atoms with Gasteiger partial charge in [-0.2, -0.15) is 13.2 Å². The van der Waals surface area contributed by atoms with Crippen LogP contribution in [0.1, 0.15) is 32.1 Å². The second kappa shape index (κ2) is 6.45. The highest BCUT2D eigenvalue weighted by Gasteiger charge is 2.27. The first-order valence-electron chi connectivity index (χ1n) is 6.00. The summed E-state index contributed by atoms with van der Waals surface area (Å²) in [5, 5.41) is 0. The van der Waals surface area contributed by atoms with Gasteiger partial charge in [-0.05, 0) is 57.8 Å². The van der Waals surface area contributed by atoms with Crippen molar-refractivity contribution in [2.24, 2.45) is 11.7 Å². The zero-order valence-corrected chi connectivity index (χ0v) is 9.60. The average molecular weight is 238 g/mol. The van der Waals surface area contributed by atoms with Crippen molar-refractivity contribution in [3.8, 4) is 0 Å². The molecule has 0 aromatic rings. The van der Waals surface area contributed by atoms with Gasteiger partial charge in [0.1, 0.15) is 0 Å². The quantitative estimate of drug-likeness (QED) is 0.797. The predicted molar refractivity (Wildman–Crippen MR) is 58.1 cm³/mol. The number of halogens is 3. The maximum absolute atomic E-state index is 11.9. The predicted octanol–water partition coefficient (Wildman–Crippen LogP) is 2.39. The molecule has 0 radical (unpaired) electrons. The summed E-state index contributed by atoms with van der Waals surface area (Å²) in [5.41, 5.74) is 5.48. The molecule has 1 aliphatic rings. The van der Waals surface area contributed by atoms with Crippen LogP contribution in [-0.4, -0.2) is 37.3 Å². The number of nitrogens with zero attached hydrogens (tertiary/aromatic N) is 1. The largest absolute Gasteiger partial charge is 0.389 e. The van der Waals surface area contributed by atoms with E-state index >= 15 is 0 Å². The van der Waals surface area contributed by atoms with Crippen molar-refractivity contribution in [1.29, 1.82) is 0 Å². The SMILES string of the molecule is NCCC1CCN(CCCC(F)(F)F)CC1. The lowest BCUT2D eigenvalue weighted by Crippen LogP contribution is -2.35. The zero-order chi connectivity index (χ0) is 12.0. The molecule has 0 amide bonds. The molecule has 0 bridgehead atoms. The normalized spacial score (nSPS) is 20.2. The Morgan fingerprint density at radius 1 is 1.19 bits per heavy atom. The van der Waals surface area contributed by atoms with Crippen LogP contribution in [0.15, 0.2) is 0 Å². The summed E-state index contributed by atoms with van der Waals surface area (Å²) in [6, 6.07) is 0. The van der Waals surface area contributed by atoms with Crippen LogP contribution in [0.2, 0.25) is 0 Å². The fourth-order valence-corrected chi connectivity index (χ4v) is 2.24. The average Bonchev–Trinajstić information content (AvgIpc) is 2.19. The van der Waals surface area contributed by atoms with Crippen molar-refractivity contribution in [2.45, 2.75) is 38.3 Å². The molecule has 16 heavy (non-hydrogen) atoms. The van der Waals surface area contributed by atoms with E-state index in [1.54, 1.807) is 0 Å². The van der Waals surface area contributed by atoms with E-state index in [1.807, 2.05) is 0 Å². The highest BCUT2D eigenvalue weighted by Crippen LogP contribution is 2.23. The van der Waals surface area contributed by atoms with Crippen molar-refractivity contribution in [3.05, 3.63) is 0 Å². The van der Waals surface area contributed by atoms with Crippen LogP contribution in [-0.2, 0) is 0 Å². The number of piperidine rings is 1. The summed E-state index contributed by atoms with van der Waals surface area (Å²) in [5.74, 6) is 0.684. The number of alkyl halides is 3. The summed E-state index contributed by atoms with van der Waals surface area (Å²) in [4.78, 5) is 2.14. The minimum atomic E-state index is -4.00. The van der Waals surface area contributed by atoms with E-state index in [9.17, 15) is 13.2 Å². The van der Waals surface area contributed by atoms with Crippen molar-refractivity contribution >= 4 is 0 Å². The molecule has 1 fully saturated rings. The van der Waals surface area contributed by atoms with Crippen LogP contribution >= 0.6 is 0 Å². The Labute approximate surface area is 95.0 Å². The lowest BCUT2D eigenvalue weighted by molar-refractivity contribution is -0.136. The number of hydrogen-bond acceptors (Lipinski definition) is 2. The molecule has 96 valence electrons. The number of rotatable bonds is 5. The van der Waals surface area contributed by atoms with Gasteiger partial charge in [-0.3, -0.25) is 0 Å². The van der Waals surface area contributed by atoms with Gasteiger partial charge < -0.3 is 10.6 Å². The fraction of sp³-hybridized carbons (Fsp3) is 1.00. The van der Waals surface area contributed by atoms with Crippen molar-refractivity contribution in [3.63, 3.8) is 0 Å². The van der Waals surface area contributed by atoms with Gasteiger partial charge in [-0.15, -0.1) is 0 Å². The van der Waals surface area contributed by atoms with Crippen LogP contribution in [0.3, 0.4) is 0 Å². The monoisotopic (exact) mass is 238 g/mol. The fourth-order valence-electron chi connectivity index (χ4n) is 2.24. The van der Waals surface area contributed by atoms with Crippen molar-refractivity contribution in [2.75, 3.05) is 26.2 Å². The van der Waals surface area contributed by atoms with Crippen LogP contribution < -0.4 is 5.73 Å². The molecule has 5 heteroatoms. The third-order valence-corrected chi connectivity index (χ3v) is 3.22. The maximum Gasteiger partial charge on any atom is 0.389 e. The molecule has 2 N–H and O–H groups in total. The Balaban J connectivity index is 2.08. The second-order valence-electron chi connectivity index (χ2n) is 4.58. The van der Waals surface area contributed by atoms with E-state index in [4.69, 9.17) is 5.73 Å². The molecule has 0 unspecified atom stereocenters. The van der Waals surface area contributed by atoms with E-state index in [0.29, 0.717) is 12.5 Å².